The molecule has 4 heteroatoms. The Morgan fingerprint density at radius 2 is 1.84 bits per heavy atom. The Labute approximate surface area is 150 Å². The van der Waals surface area contributed by atoms with Gasteiger partial charge in [0, 0.05) is 23.6 Å². The minimum atomic E-state index is -0.831. The summed E-state index contributed by atoms with van der Waals surface area (Å²) in [4.78, 5) is 12.7. The monoisotopic (exact) mass is 343 g/mol. The third-order valence-electron chi connectivity index (χ3n) is 4.36. The number of hydrogen-bond acceptors (Lipinski definition) is 3. The van der Waals surface area contributed by atoms with Crippen LogP contribution in [0.15, 0.2) is 36.4 Å². The fraction of sp³-hybridized carbons (Fsp3) is 0.476. The maximum atomic E-state index is 12.7. The molecule has 4 nitrogen and oxygen atoms in total. The SMILES string of the molecule is CCC[C@](C)(OC)C(=O)Nc1ccc(OCC(C)C)c2ccccc12. The number of rotatable bonds is 8. The van der Waals surface area contributed by atoms with Crippen LogP contribution in [0.2, 0.25) is 0 Å². The van der Waals surface area contributed by atoms with Crippen LogP contribution in [0.3, 0.4) is 0 Å². The summed E-state index contributed by atoms with van der Waals surface area (Å²) in [7, 11) is 1.58. The predicted octanol–water partition coefficient (Wildman–Crippen LogP) is 5.02. The smallest absolute Gasteiger partial charge is 0.256 e. The van der Waals surface area contributed by atoms with Crippen LogP contribution >= 0.6 is 0 Å². The zero-order valence-electron chi connectivity index (χ0n) is 15.9. The highest BCUT2D eigenvalue weighted by atomic mass is 16.5. The van der Waals surface area contributed by atoms with Crippen LogP contribution in [0.25, 0.3) is 10.8 Å². The zero-order chi connectivity index (χ0) is 18.4. The molecule has 0 aliphatic heterocycles. The Morgan fingerprint density at radius 3 is 2.44 bits per heavy atom. The average Bonchev–Trinajstić information content (AvgIpc) is 2.60. The molecule has 0 saturated carbocycles. The molecule has 0 unspecified atom stereocenters. The van der Waals surface area contributed by atoms with E-state index in [-0.39, 0.29) is 5.91 Å². The average molecular weight is 343 g/mol. The summed E-state index contributed by atoms with van der Waals surface area (Å²) in [6, 6.07) is 11.8. The molecule has 0 aliphatic carbocycles. The molecule has 2 aromatic rings. The zero-order valence-corrected chi connectivity index (χ0v) is 15.9. The van der Waals surface area contributed by atoms with Crippen molar-refractivity contribution in [2.24, 2.45) is 5.92 Å². The summed E-state index contributed by atoms with van der Waals surface area (Å²) in [5, 5.41) is 4.99. The van der Waals surface area contributed by atoms with Crippen LogP contribution in [-0.2, 0) is 9.53 Å². The van der Waals surface area contributed by atoms with Crippen LogP contribution < -0.4 is 10.1 Å². The summed E-state index contributed by atoms with van der Waals surface area (Å²) in [5.41, 5.74) is -0.0558. The van der Waals surface area contributed by atoms with Crippen LogP contribution in [0.4, 0.5) is 5.69 Å². The molecule has 0 fully saturated rings. The van der Waals surface area contributed by atoms with Gasteiger partial charge in [0.1, 0.15) is 11.4 Å². The minimum Gasteiger partial charge on any atom is -0.493 e. The molecule has 0 aromatic heterocycles. The van der Waals surface area contributed by atoms with E-state index in [1.54, 1.807) is 7.11 Å². The van der Waals surface area contributed by atoms with Gasteiger partial charge in [-0.25, -0.2) is 0 Å². The van der Waals surface area contributed by atoms with E-state index in [0.717, 1.165) is 28.6 Å². The third-order valence-corrected chi connectivity index (χ3v) is 4.36. The molecule has 136 valence electrons. The number of hydrogen-bond donors (Lipinski definition) is 1. The molecule has 25 heavy (non-hydrogen) atoms. The molecule has 0 bridgehead atoms. The summed E-state index contributed by atoms with van der Waals surface area (Å²) in [6.07, 6.45) is 1.54. The van der Waals surface area contributed by atoms with Gasteiger partial charge in [-0.05, 0) is 31.4 Å². The minimum absolute atomic E-state index is 0.127. The highest BCUT2D eigenvalue weighted by Gasteiger charge is 2.32. The van der Waals surface area contributed by atoms with Gasteiger partial charge in [-0.3, -0.25) is 4.79 Å². The Balaban J connectivity index is 2.33. The summed E-state index contributed by atoms with van der Waals surface area (Å²) < 4.78 is 11.4. The first kappa shape index (κ1) is 19.3. The van der Waals surface area contributed by atoms with E-state index in [4.69, 9.17) is 9.47 Å². The normalized spacial score (nSPS) is 13.7. The van der Waals surface area contributed by atoms with Crippen LogP contribution in [-0.4, -0.2) is 25.2 Å². The second-order valence-electron chi connectivity index (χ2n) is 7.00. The van der Waals surface area contributed by atoms with Crippen molar-refractivity contribution >= 4 is 22.4 Å². The number of carbonyl (C=O) groups is 1. The third kappa shape index (κ3) is 4.51. The van der Waals surface area contributed by atoms with E-state index in [9.17, 15) is 4.79 Å². The lowest BCUT2D eigenvalue weighted by Crippen LogP contribution is -2.41. The van der Waals surface area contributed by atoms with Gasteiger partial charge in [0.25, 0.3) is 5.91 Å². The van der Waals surface area contributed by atoms with Gasteiger partial charge in [0.2, 0.25) is 0 Å². The first-order chi connectivity index (χ1) is 11.9. The van der Waals surface area contributed by atoms with Gasteiger partial charge >= 0.3 is 0 Å². The van der Waals surface area contributed by atoms with E-state index in [1.165, 1.54) is 0 Å². The van der Waals surface area contributed by atoms with Crippen molar-refractivity contribution in [3.8, 4) is 5.75 Å². The van der Waals surface area contributed by atoms with Crippen LogP contribution in [0.1, 0.15) is 40.5 Å². The molecule has 0 heterocycles. The van der Waals surface area contributed by atoms with Crippen molar-refractivity contribution in [2.45, 2.75) is 46.1 Å². The maximum Gasteiger partial charge on any atom is 0.256 e. The van der Waals surface area contributed by atoms with Gasteiger partial charge in [-0.1, -0.05) is 51.5 Å². The van der Waals surface area contributed by atoms with E-state index in [1.807, 2.05) is 50.2 Å². The summed E-state index contributed by atoms with van der Waals surface area (Å²) in [5.74, 6) is 1.16. The molecule has 2 rings (SSSR count). The van der Waals surface area contributed by atoms with Gasteiger partial charge in [-0.2, -0.15) is 0 Å². The lowest BCUT2D eigenvalue weighted by Gasteiger charge is -2.26. The highest BCUT2D eigenvalue weighted by Crippen LogP contribution is 2.32. The molecule has 0 aliphatic rings. The van der Waals surface area contributed by atoms with Crippen molar-refractivity contribution in [1.29, 1.82) is 0 Å². The second-order valence-corrected chi connectivity index (χ2v) is 7.00. The maximum absolute atomic E-state index is 12.7. The number of nitrogens with one attached hydrogen (secondary N) is 1. The summed E-state index contributed by atoms with van der Waals surface area (Å²) in [6.45, 7) is 8.77. The lowest BCUT2D eigenvalue weighted by molar-refractivity contribution is -0.136. The Bertz CT molecular complexity index is 726. The largest absolute Gasteiger partial charge is 0.493 e. The topological polar surface area (TPSA) is 47.6 Å². The lowest BCUT2D eigenvalue weighted by atomic mass is 9.98. The highest BCUT2D eigenvalue weighted by molar-refractivity contribution is 6.06. The molecule has 0 spiro atoms. The number of carbonyl (C=O) groups excluding carboxylic acids is 1. The Morgan fingerprint density at radius 1 is 1.16 bits per heavy atom. The molecular formula is C21H29NO3. The van der Waals surface area contributed by atoms with Crippen molar-refractivity contribution in [3.63, 3.8) is 0 Å². The van der Waals surface area contributed by atoms with Gasteiger partial charge in [0.15, 0.2) is 0 Å². The van der Waals surface area contributed by atoms with Gasteiger partial charge in [0.05, 0.1) is 6.61 Å². The molecule has 0 saturated heterocycles. The first-order valence-electron chi connectivity index (χ1n) is 8.92. The molecule has 1 amide bonds. The fourth-order valence-electron chi connectivity index (χ4n) is 2.80. The van der Waals surface area contributed by atoms with Crippen molar-refractivity contribution in [3.05, 3.63) is 36.4 Å². The Hall–Kier alpha value is -2.07. The second kappa shape index (κ2) is 8.34. The fourth-order valence-corrected chi connectivity index (χ4v) is 2.80. The number of amides is 1. The quantitative estimate of drug-likeness (QED) is 0.732. The standard InChI is InChI=1S/C21H29NO3/c1-6-13-21(4,24-5)20(23)22-18-11-12-19(25-14-15(2)3)17-10-8-7-9-16(17)18/h7-12,15H,6,13-14H2,1-5H3,(H,22,23)/t21-/m0/s1. The van der Waals surface area contributed by atoms with E-state index in [2.05, 4.69) is 19.2 Å². The predicted molar refractivity (Wildman–Crippen MR) is 103 cm³/mol. The Kier molecular flexibility index (Phi) is 6.43. The van der Waals surface area contributed by atoms with Crippen LogP contribution in [0.5, 0.6) is 5.75 Å². The first-order valence-corrected chi connectivity index (χ1v) is 8.92. The van der Waals surface area contributed by atoms with E-state index >= 15 is 0 Å². The van der Waals surface area contributed by atoms with Crippen molar-refractivity contribution in [2.75, 3.05) is 19.0 Å². The van der Waals surface area contributed by atoms with Crippen molar-refractivity contribution in [1.82, 2.24) is 0 Å². The van der Waals surface area contributed by atoms with Gasteiger partial charge in [-0.15, -0.1) is 0 Å². The number of methoxy groups -OCH3 is 1. The van der Waals surface area contributed by atoms with E-state index in [0.29, 0.717) is 18.9 Å². The number of benzene rings is 2. The summed E-state index contributed by atoms with van der Waals surface area (Å²) >= 11 is 0. The molecule has 2 aromatic carbocycles. The number of ether oxygens (including phenoxy) is 2. The molecule has 0 radical (unpaired) electrons. The van der Waals surface area contributed by atoms with E-state index < -0.39 is 5.60 Å². The molecule has 1 N–H and O–H groups in total. The molecular weight excluding hydrogens is 314 g/mol. The van der Waals surface area contributed by atoms with Crippen LogP contribution in [0, 0.1) is 5.92 Å². The molecule has 1 atom stereocenters. The van der Waals surface area contributed by atoms with Gasteiger partial charge < -0.3 is 14.8 Å². The number of anilines is 1. The number of fused-ring (bicyclic) bond motifs is 1. The van der Waals surface area contributed by atoms with Crippen molar-refractivity contribution < 1.29 is 14.3 Å².